The molecule has 38 heavy (non-hydrogen) atoms. The van der Waals surface area contributed by atoms with E-state index < -0.39 is 29.6 Å². The molecule has 2 bridgehead atoms. The number of likely N-dealkylation sites (tertiary alicyclic amines) is 1. The van der Waals surface area contributed by atoms with E-state index in [1.807, 2.05) is 26.0 Å². The summed E-state index contributed by atoms with van der Waals surface area (Å²) in [5.74, 6) is -1.59. The Morgan fingerprint density at radius 2 is 1.97 bits per heavy atom. The summed E-state index contributed by atoms with van der Waals surface area (Å²) < 4.78 is 17.4. The van der Waals surface area contributed by atoms with E-state index in [4.69, 9.17) is 14.2 Å². The van der Waals surface area contributed by atoms with Crippen LogP contribution in [-0.2, 0) is 23.9 Å². The largest absolute Gasteiger partial charge is 0.497 e. The third-order valence-corrected chi connectivity index (χ3v) is 8.21. The zero-order chi connectivity index (χ0) is 26.9. The smallest absolute Gasteiger partial charge is 0.246 e. The van der Waals surface area contributed by atoms with Gasteiger partial charge in [0.05, 0.1) is 31.2 Å². The van der Waals surface area contributed by atoms with Crippen molar-refractivity contribution in [2.45, 2.75) is 82.3 Å². The molecule has 1 aliphatic carbocycles. The van der Waals surface area contributed by atoms with E-state index in [9.17, 15) is 14.4 Å². The zero-order valence-electron chi connectivity index (χ0n) is 22.5. The van der Waals surface area contributed by atoms with Crippen LogP contribution in [0, 0.1) is 11.8 Å². The van der Waals surface area contributed by atoms with Crippen LogP contribution in [0.5, 0.6) is 5.75 Å². The van der Waals surface area contributed by atoms with Crippen molar-refractivity contribution in [2.75, 3.05) is 25.6 Å². The van der Waals surface area contributed by atoms with Crippen LogP contribution in [0.1, 0.15) is 52.4 Å². The highest BCUT2D eigenvalue weighted by Gasteiger charge is 2.72. The van der Waals surface area contributed by atoms with Gasteiger partial charge in [-0.2, -0.15) is 0 Å². The Balaban J connectivity index is 1.39. The number of hydrogen-bond acceptors (Lipinski definition) is 6. The van der Waals surface area contributed by atoms with Gasteiger partial charge in [-0.3, -0.25) is 14.4 Å². The number of benzene rings is 1. The van der Waals surface area contributed by atoms with Crippen LogP contribution >= 0.6 is 0 Å². The van der Waals surface area contributed by atoms with Crippen molar-refractivity contribution < 1.29 is 28.6 Å². The highest BCUT2D eigenvalue weighted by atomic mass is 16.5. The van der Waals surface area contributed by atoms with Crippen LogP contribution in [-0.4, -0.2) is 72.8 Å². The minimum absolute atomic E-state index is 0.0826. The zero-order valence-corrected chi connectivity index (χ0v) is 22.5. The van der Waals surface area contributed by atoms with Gasteiger partial charge in [-0.1, -0.05) is 37.5 Å². The SMILES string of the molecule is COc1cccc(NC(=O)[C@H]2[C@H]3C=C[C@]4(O3)[C@H](C(=O)NC3CCCCC3)N(CCCOC(C)C)C(=O)[C@@H]24)c1. The number of fused-ring (bicyclic) bond motifs is 1. The average Bonchev–Trinajstić information content (AvgIpc) is 3.54. The molecule has 9 heteroatoms. The number of rotatable bonds is 10. The third kappa shape index (κ3) is 4.94. The molecule has 206 valence electrons. The Labute approximate surface area is 224 Å². The Hall–Kier alpha value is -2.91. The van der Waals surface area contributed by atoms with Crippen LogP contribution in [0.2, 0.25) is 0 Å². The first-order valence-corrected chi connectivity index (χ1v) is 13.9. The van der Waals surface area contributed by atoms with Crippen molar-refractivity contribution in [2.24, 2.45) is 11.8 Å². The van der Waals surface area contributed by atoms with Crippen LogP contribution in [0.4, 0.5) is 5.69 Å². The molecule has 1 saturated carbocycles. The number of carbonyl (C=O) groups excluding carboxylic acids is 3. The molecule has 3 aliphatic heterocycles. The molecule has 9 nitrogen and oxygen atoms in total. The van der Waals surface area contributed by atoms with Crippen molar-refractivity contribution in [1.82, 2.24) is 10.2 Å². The van der Waals surface area contributed by atoms with Crippen LogP contribution < -0.4 is 15.4 Å². The molecule has 2 saturated heterocycles. The molecule has 3 heterocycles. The lowest BCUT2D eigenvalue weighted by atomic mass is 9.74. The number of anilines is 1. The first-order chi connectivity index (χ1) is 18.3. The number of hydrogen-bond donors (Lipinski definition) is 2. The minimum Gasteiger partial charge on any atom is -0.497 e. The number of nitrogens with one attached hydrogen (secondary N) is 2. The Kier molecular flexibility index (Phi) is 7.77. The maximum atomic E-state index is 14.0. The number of methoxy groups -OCH3 is 1. The maximum absolute atomic E-state index is 14.0. The van der Waals surface area contributed by atoms with Gasteiger partial charge in [-0.15, -0.1) is 0 Å². The number of amides is 3. The van der Waals surface area contributed by atoms with E-state index in [0.717, 1.165) is 25.7 Å². The van der Waals surface area contributed by atoms with Crippen molar-refractivity contribution in [3.05, 3.63) is 36.4 Å². The fourth-order valence-electron chi connectivity index (χ4n) is 6.52. The van der Waals surface area contributed by atoms with E-state index in [0.29, 0.717) is 31.0 Å². The monoisotopic (exact) mass is 525 g/mol. The summed E-state index contributed by atoms with van der Waals surface area (Å²) in [5.41, 5.74) is -0.578. The summed E-state index contributed by atoms with van der Waals surface area (Å²) in [6.45, 7) is 4.77. The van der Waals surface area contributed by atoms with Gasteiger partial charge in [0.25, 0.3) is 0 Å². The van der Waals surface area contributed by atoms with Gasteiger partial charge in [-0.05, 0) is 45.2 Å². The summed E-state index contributed by atoms with van der Waals surface area (Å²) >= 11 is 0. The van der Waals surface area contributed by atoms with Gasteiger partial charge in [-0.25, -0.2) is 0 Å². The fourth-order valence-corrected chi connectivity index (χ4v) is 6.52. The summed E-state index contributed by atoms with van der Waals surface area (Å²) in [5, 5.41) is 6.15. The molecule has 2 N–H and O–H groups in total. The summed E-state index contributed by atoms with van der Waals surface area (Å²) in [6.07, 6.45) is 9.04. The highest BCUT2D eigenvalue weighted by molar-refractivity contribution is 6.02. The van der Waals surface area contributed by atoms with Crippen molar-refractivity contribution >= 4 is 23.4 Å². The molecule has 0 unspecified atom stereocenters. The molecule has 4 aliphatic rings. The van der Waals surface area contributed by atoms with Crippen LogP contribution in [0.15, 0.2) is 36.4 Å². The predicted octanol–water partition coefficient (Wildman–Crippen LogP) is 3.05. The maximum Gasteiger partial charge on any atom is 0.246 e. The van der Waals surface area contributed by atoms with Gasteiger partial charge in [0, 0.05) is 30.9 Å². The Morgan fingerprint density at radius 1 is 1.18 bits per heavy atom. The van der Waals surface area contributed by atoms with Crippen LogP contribution in [0.25, 0.3) is 0 Å². The van der Waals surface area contributed by atoms with Crippen molar-refractivity contribution in [3.63, 3.8) is 0 Å². The second-order valence-corrected chi connectivity index (χ2v) is 11.1. The Bertz CT molecular complexity index is 1080. The van der Waals surface area contributed by atoms with Gasteiger partial charge in [0.15, 0.2) is 0 Å². The quantitative estimate of drug-likeness (QED) is 0.359. The van der Waals surface area contributed by atoms with Gasteiger partial charge >= 0.3 is 0 Å². The number of carbonyl (C=O) groups is 3. The molecule has 0 radical (unpaired) electrons. The molecule has 3 fully saturated rings. The summed E-state index contributed by atoms with van der Waals surface area (Å²) in [6, 6.07) is 6.37. The molecule has 1 spiro atoms. The highest BCUT2D eigenvalue weighted by Crippen LogP contribution is 2.55. The second kappa shape index (κ2) is 11.1. The molecule has 1 aromatic carbocycles. The van der Waals surface area contributed by atoms with E-state index in [1.54, 1.807) is 36.3 Å². The lowest BCUT2D eigenvalue weighted by Gasteiger charge is -2.34. The fraction of sp³-hybridized carbons (Fsp3) is 0.621. The second-order valence-electron chi connectivity index (χ2n) is 11.1. The van der Waals surface area contributed by atoms with E-state index in [2.05, 4.69) is 10.6 Å². The van der Waals surface area contributed by atoms with Gasteiger partial charge in [0.2, 0.25) is 17.7 Å². The molecular formula is C29H39N3O6. The molecule has 1 aromatic rings. The topological polar surface area (TPSA) is 106 Å². The average molecular weight is 526 g/mol. The summed E-state index contributed by atoms with van der Waals surface area (Å²) in [4.78, 5) is 43.0. The van der Waals surface area contributed by atoms with Gasteiger partial charge < -0.3 is 29.7 Å². The lowest BCUT2D eigenvalue weighted by molar-refractivity contribution is -0.141. The third-order valence-electron chi connectivity index (χ3n) is 8.21. The number of ether oxygens (including phenoxy) is 3. The van der Waals surface area contributed by atoms with Crippen molar-refractivity contribution in [1.29, 1.82) is 0 Å². The normalized spacial score (nSPS) is 30.1. The molecular weight excluding hydrogens is 486 g/mol. The standard InChI is InChI=1S/C29H39N3O6/c1-18(2)37-16-8-15-32-25(27(34)30-19-9-5-4-6-10-19)29-14-13-22(38-29)23(24(29)28(32)35)26(33)31-20-11-7-12-21(17-20)36-3/h7,11-14,17-19,22-25H,4-6,8-10,15-16H2,1-3H3,(H,30,34)(H,31,33)/t22-,23+,24-,25+,29-/m1/s1. The van der Waals surface area contributed by atoms with E-state index in [-0.39, 0.29) is 29.9 Å². The van der Waals surface area contributed by atoms with E-state index >= 15 is 0 Å². The Morgan fingerprint density at radius 3 is 2.71 bits per heavy atom. The molecule has 5 rings (SSSR count). The van der Waals surface area contributed by atoms with Crippen LogP contribution in [0.3, 0.4) is 0 Å². The first-order valence-electron chi connectivity index (χ1n) is 13.9. The molecule has 0 aromatic heterocycles. The lowest BCUT2D eigenvalue weighted by Crippen LogP contribution is -2.56. The van der Waals surface area contributed by atoms with Crippen molar-refractivity contribution in [3.8, 4) is 5.75 Å². The van der Waals surface area contributed by atoms with Gasteiger partial charge in [0.1, 0.15) is 17.4 Å². The minimum atomic E-state index is -1.16. The molecule has 3 amide bonds. The molecule has 5 atom stereocenters. The predicted molar refractivity (Wildman–Crippen MR) is 142 cm³/mol. The first kappa shape index (κ1) is 26.7. The summed E-state index contributed by atoms with van der Waals surface area (Å²) in [7, 11) is 1.57. The number of nitrogens with zero attached hydrogens (tertiary/aromatic N) is 1. The van der Waals surface area contributed by atoms with E-state index in [1.165, 1.54) is 6.42 Å².